The highest BCUT2D eigenvalue weighted by Gasteiger charge is 2.44. The summed E-state index contributed by atoms with van der Waals surface area (Å²) in [5.74, 6) is 0.453. The average Bonchev–Trinajstić information content (AvgIpc) is 3.04. The summed E-state index contributed by atoms with van der Waals surface area (Å²) in [5, 5.41) is 6.48. The van der Waals surface area contributed by atoms with Crippen LogP contribution in [0.5, 0.6) is 0 Å². The van der Waals surface area contributed by atoms with Crippen LogP contribution >= 0.6 is 11.8 Å². The largest absolute Gasteiger partial charge is 0.301 e. The Balaban J connectivity index is 2.00. The molecule has 2 heterocycles. The van der Waals surface area contributed by atoms with Gasteiger partial charge in [-0.2, -0.15) is 5.10 Å². The minimum absolute atomic E-state index is 0.199. The quantitative estimate of drug-likeness (QED) is 0.559. The number of carbonyl (C=O) groups is 2. The van der Waals surface area contributed by atoms with E-state index in [1.54, 1.807) is 34.3 Å². The first-order chi connectivity index (χ1) is 12.9. The summed E-state index contributed by atoms with van der Waals surface area (Å²) in [5.41, 5.74) is 3.11. The Bertz CT molecular complexity index is 932. The van der Waals surface area contributed by atoms with Crippen LogP contribution < -0.4 is 4.90 Å². The molecular formula is C21H23N3O2S. The molecule has 27 heavy (non-hydrogen) atoms. The minimum atomic E-state index is -0.984. The third kappa shape index (κ3) is 3.62. The number of aromatic nitrogens is 2. The number of benzene rings is 1. The molecule has 0 saturated carbocycles. The molecule has 3 rings (SSSR count). The molecule has 0 radical (unpaired) electrons. The average molecular weight is 382 g/mol. The molecule has 140 valence electrons. The third-order valence-electron chi connectivity index (χ3n) is 4.63. The second-order valence-corrected chi connectivity index (χ2v) is 7.85. The van der Waals surface area contributed by atoms with Gasteiger partial charge in [-0.3, -0.25) is 14.4 Å². The molecule has 0 spiro atoms. The number of allylic oxidation sites excluding steroid dienone is 2. The summed E-state index contributed by atoms with van der Waals surface area (Å²) < 4.78 is 1.66. The van der Waals surface area contributed by atoms with Crippen LogP contribution in [0.1, 0.15) is 34.2 Å². The molecule has 0 saturated heterocycles. The minimum Gasteiger partial charge on any atom is -0.301 e. The van der Waals surface area contributed by atoms with Crippen LogP contribution in [0.2, 0.25) is 0 Å². The fourth-order valence-electron chi connectivity index (χ4n) is 3.23. The number of amides is 1. The standard InChI is InChI=1S/C21H23N3O2S/c1-5-6-9-27-12-17-11-19-20(26)24(18-10-15(2)7-8-16(18)3)21(4,14-25)13-23(19)22-17/h5-11,14H,1,12-13H2,2-4H3/b9-6-. The summed E-state index contributed by atoms with van der Waals surface area (Å²) in [6, 6.07) is 7.75. The van der Waals surface area contributed by atoms with Crippen LogP contribution in [-0.4, -0.2) is 27.5 Å². The van der Waals surface area contributed by atoms with E-state index in [-0.39, 0.29) is 5.91 Å². The lowest BCUT2D eigenvalue weighted by Gasteiger charge is -2.41. The van der Waals surface area contributed by atoms with Gasteiger partial charge in [0, 0.05) is 11.4 Å². The molecule has 0 fully saturated rings. The second-order valence-electron chi connectivity index (χ2n) is 6.96. The molecule has 1 unspecified atom stereocenters. The van der Waals surface area contributed by atoms with Crippen LogP contribution in [0.15, 0.2) is 48.4 Å². The third-order valence-corrected chi connectivity index (χ3v) is 5.45. The number of aryl methyl sites for hydroxylation is 2. The lowest BCUT2D eigenvalue weighted by Crippen LogP contribution is -2.58. The maximum atomic E-state index is 13.3. The predicted octanol–water partition coefficient (Wildman–Crippen LogP) is 4.05. The number of nitrogens with zero attached hydrogens (tertiary/aromatic N) is 3. The maximum Gasteiger partial charge on any atom is 0.277 e. The number of hydrogen-bond acceptors (Lipinski definition) is 4. The van der Waals surface area contributed by atoms with Gasteiger partial charge >= 0.3 is 0 Å². The van der Waals surface area contributed by atoms with E-state index in [2.05, 4.69) is 11.7 Å². The number of thioether (sulfide) groups is 1. The van der Waals surface area contributed by atoms with Gasteiger partial charge < -0.3 is 4.79 Å². The zero-order valence-electron chi connectivity index (χ0n) is 15.8. The summed E-state index contributed by atoms with van der Waals surface area (Å²) in [6.07, 6.45) is 4.42. The Morgan fingerprint density at radius 2 is 2.11 bits per heavy atom. The molecule has 0 N–H and O–H groups in total. The smallest absolute Gasteiger partial charge is 0.277 e. The van der Waals surface area contributed by atoms with Crippen molar-refractivity contribution in [2.24, 2.45) is 0 Å². The predicted molar refractivity (Wildman–Crippen MR) is 110 cm³/mol. The van der Waals surface area contributed by atoms with Gasteiger partial charge in [0.2, 0.25) is 0 Å². The Kier molecular flexibility index (Phi) is 5.37. The molecule has 0 bridgehead atoms. The molecule has 1 atom stereocenters. The first kappa shape index (κ1) is 19.2. The summed E-state index contributed by atoms with van der Waals surface area (Å²) in [4.78, 5) is 26.9. The van der Waals surface area contributed by atoms with Gasteiger partial charge in [-0.15, -0.1) is 11.8 Å². The highest BCUT2D eigenvalue weighted by molar-refractivity contribution is 8.01. The Morgan fingerprint density at radius 3 is 2.81 bits per heavy atom. The molecule has 2 aromatic rings. The van der Waals surface area contributed by atoms with Crippen molar-refractivity contribution in [1.82, 2.24) is 9.78 Å². The zero-order chi connectivity index (χ0) is 19.6. The van der Waals surface area contributed by atoms with Crippen LogP contribution in [-0.2, 0) is 17.1 Å². The molecule has 1 amide bonds. The molecule has 1 aromatic carbocycles. The van der Waals surface area contributed by atoms with Crippen LogP contribution in [0.3, 0.4) is 0 Å². The number of hydrogen-bond donors (Lipinski definition) is 0. The van der Waals surface area contributed by atoms with Gasteiger partial charge in [0.15, 0.2) is 0 Å². The fourth-order valence-corrected chi connectivity index (χ4v) is 3.86. The van der Waals surface area contributed by atoms with Gasteiger partial charge in [0.25, 0.3) is 5.91 Å². The molecule has 6 heteroatoms. The van der Waals surface area contributed by atoms with E-state index < -0.39 is 5.54 Å². The van der Waals surface area contributed by atoms with Gasteiger partial charge in [-0.25, -0.2) is 0 Å². The van der Waals surface area contributed by atoms with Crippen molar-refractivity contribution in [3.8, 4) is 0 Å². The first-order valence-electron chi connectivity index (χ1n) is 8.73. The van der Waals surface area contributed by atoms with Crippen LogP contribution in [0, 0.1) is 13.8 Å². The number of aldehydes is 1. The van der Waals surface area contributed by atoms with Crippen molar-refractivity contribution in [3.63, 3.8) is 0 Å². The molecule has 1 aliphatic heterocycles. The summed E-state index contributed by atoms with van der Waals surface area (Å²) in [7, 11) is 0. The summed E-state index contributed by atoms with van der Waals surface area (Å²) >= 11 is 1.58. The van der Waals surface area contributed by atoms with Crippen molar-refractivity contribution in [2.75, 3.05) is 4.90 Å². The van der Waals surface area contributed by atoms with Gasteiger partial charge in [-0.05, 0) is 49.4 Å². The van der Waals surface area contributed by atoms with E-state index >= 15 is 0 Å². The highest BCUT2D eigenvalue weighted by atomic mass is 32.2. The molecule has 1 aromatic heterocycles. The van der Waals surface area contributed by atoms with E-state index in [0.29, 0.717) is 18.0 Å². The van der Waals surface area contributed by atoms with Crippen molar-refractivity contribution in [2.45, 2.75) is 38.6 Å². The monoisotopic (exact) mass is 381 g/mol. The van der Waals surface area contributed by atoms with Gasteiger partial charge in [0.1, 0.15) is 17.5 Å². The maximum absolute atomic E-state index is 13.3. The van der Waals surface area contributed by atoms with E-state index in [4.69, 9.17) is 0 Å². The van der Waals surface area contributed by atoms with Crippen molar-refractivity contribution in [3.05, 3.63) is 70.9 Å². The van der Waals surface area contributed by atoms with Gasteiger partial charge in [-0.1, -0.05) is 30.9 Å². The SMILES string of the molecule is C=C/C=C\SCc1cc2n(n1)CC(C)(C=O)N(c1cc(C)ccc1C)C2=O. The summed E-state index contributed by atoms with van der Waals surface area (Å²) in [6.45, 7) is 9.69. The van der Waals surface area contributed by atoms with E-state index in [1.807, 2.05) is 49.6 Å². The first-order valence-corrected chi connectivity index (χ1v) is 9.78. The van der Waals surface area contributed by atoms with Crippen molar-refractivity contribution >= 4 is 29.6 Å². The highest BCUT2D eigenvalue weighted by Crippen LogP contribution is 2.34. The zero-order valence-corrected chi connectivity index (χ0v) is 16.6. The second kappa shape index (κ2) is 7.56. The fraction of sp³-hybridized carbons (Fsp3) is 0.286. The normalized spacial score (nSPS) is 19.4. The molecule has 5 nitrogen and oxygen atoms in total. The number of carbonyl (C=O) groups excluding carboxylic acids is 2. The Morgan fingerprint density at radius 1 is 1.33 bits per heavy atom. The van der Waals surface area contributed by atoms with E-state index in [1.165, 1.54) is 0 Å². The molecule has 0 aliphatic carbocycles. The number of rotatable bonds is 6. The van der Waals surface area contributed by atoms with E-state index in [0.717, 1.165) is 28.8 Å². The van der Waals surface area contributed by atoms with Gasteiger partial charge in [0.05, 0.1) is 12.2 Å². The Labute approximate surface area is 163 Å². The lowest BCUT2D eigenvalue weighted by molar-refractivity contribution is -0.112. The topological polar surface area (TPSA) is 55.2 Å². The number of fused-ring (bicyclic) bond motifs is 1. The lowest BCUT2D eigenvalue weighted by atomic mass is 9.95. The molecule has 1 aliphatic rings. The Hall–Kier alpha value is -2.60. The van der Waals surface area contributed by atoms with E-state index in [9.17, 15) is 9.59 Å². The van der Waals surface area contributed by atoms with Crippen molar-refractivity contribution < 1.29 is 9.59 Å². The van der Waals surface area contributed by atoms with Crippen molar-refractivity contribution in [1.29, 1.82) is 0 Å². The van der Waals surface area contributed by atoms with Crippen LogP contribution in [0.25, 0.3) is 0 Å². The number of anilines is 1. The molecular weight excluding hydrogens is 358 g/mol. The van der Waals surface area contributed by atoms with Crippen LogP contribution in [0.4, 0.5) is 5.69 Å².